The Kier molecular flexibility index (Phi) is 5.84. The van der Waals surface area contributed by atoms with Gasteiger partial charge in [0.2, 0.25) is 0 Å². The molecule has 0 saturated carbocycles. The van der Waals surface area contributed by atoms with Crippen molar-refractivity contribution < 1.29 is 9.47 Å². The third-order valence-corrected chi connectivity index (χ3v) is 4.75. The van der Waals surface area contributed by atoms with Gasteiger partial charge in [-0.15, -0.1) is 0 Å². The summed E-state index contributed by atoms with van der Waals surface area (Å²) in [6.07, 6.45) is 1.37. The van der Waals surface area contributed by atoms with Gasteiger partial charge in [0.05, 0.1) is 19.3 Å². The van der Waals surface area contributed by atoms with E-state index in [1.54, 1.807) is 0 Å². The SMILES string of the molecule is CC1COC(c2ccccc2)CN1CCN1CCCOCC1. The third-order valence-electron chi connectivity index (χ3n) is 4.75. The Bertz CT molecular complexity index is 432. The van der Waals surface area contributed by atoms with E-state index in [-0.39, 0.29) is 6.10 Å². The van der Waals surface area contributed by atoms with Gasteiger partial charge < -0.3 is 9.47 Å². The third kappa shape index (κ3) is 4.29. The van der Waals surface area contributed by atoms with Gasteiger partial charge >= 0.3 is 0 Å². The molecule has 0 aromatic heterocycles. The van der Waals surface area contributed by atoms with Crippen molar-refractivity contribution in [3.05, 3.63) is 35.9 Å². The van der Waals surface area contributed by atoms with E-state index in [2.05, 4.69) is 47.1 Å². The number of hydrogen-bond donors (Lipinski definition) is 0. The van der Waals surface area contributed by atoms with Crippen LogP contribution in [-0.4, -0.2) is 68.4 Å². The average molecular weight is 304 g/mol. The number of benzene rings is 1. The summed E-state index contributed by atoms with van der Waals surface area (Å²) in [7, 11) is 0. The van der Waals surface area contributed by atoms with Crippen molar-refractivity contribution >= 4 is 0 Å². The highest BCUT2D eigenvalue weighted by molar-refractivity contribution is 5.18. The number of morpholine rings is 1. The van der Waals surface area contributed by atoms with Crippen LogP contribution in [0.15, 0.2) is 30.3 Å². The zero-order valence-electron chi connectivity index (χ0n) is 13.6. The van der Waals surface area contributed by atoms with E-state index < -0.39 is 0 Å². The van der Waals surface area contributed by atoms with Crippen molar-refractivity contribution in [2.45, 2.75) is 25.5 Å². The first-order valence-corrected chi connectivity index (χ1v) is 8.53. The Hall–Kier alpha value is -0.940. The first kappa shape index (κ1) is 15.9. The van der Waals surface area contributed by atoms with Crippen LogP contribution in [0.1, 0.15) is 25.0 Å². The van der Waals surface area contributed by atoms with Crippen LogP contribution in [0.2, 0.25) is 0 Å². The molecule has 0 spiro atoms. The molecular formula is C18H28N2O2. The highest BCUT2D eigenvalue weighted by Gasteiger charge is 2.27. The molecule has 3 rings (SSSR count). The highest BCUT2D eigenvalue weighted by atomic mass is 16.5. The van der Waals surface area contributed by atoms with Crippen molar-refractivity contribution in [3.63, 3.8) is 0 Å². The van der Waals surface area contributed by atoms with Gasteiger partial charge in [0.1, 0.15) is 0 Å². The zero-order valence-corrected chi connectivity index (χ0v) is 13.6. The second-order valence-corrected chi connectivity index (χ2v) is 6.38. The number of hydrogen-bond acceptors (Lipinski definition) is 4. The van der Waals surface area contributed by atoms with Crippen LogP contribution < -0.4 is 0 Å². The molecular weight excluding hydrogens is 276 g/mol. The molecule has 2 fully saturated rings. The van der Waals surface area contributed by atoms with E-state index in [0.29, 0.717) is 6.04 Å². The van der Waals surface area contributed by atoms with Gasteiger partial charge in [0.25, 0.3) is 0 Å². The molecule has 1 aromatic carbocycles. The van der Waals surface area contributed by atoms with E-state index in [4.69, 9.17) is 9.47 Å². The summed E-state index contributed by atoms with van der Waals surface area (Å²) in [5.74, 6) is 0. The second-order valence-electron chi connectivity index (χ2n) is 6.38. The maximum atomic E-state index is 6.04. The summed E-state index contributed by atoms with van der Waals surface area (Å²) >= 11 is 0. The van der Waals surface area contributed by atoms with Crippen molar-refractivity contribution in [2.75, 3.05) is 52.5 Å². The molecule has 0 radical (unpaired) electrons. The lowest BCUT2D eigenvalue weighted by Gasteiger charge is -2.39. The fourth-order valence-corrected chi connectivity index (χ4v) is 3.28. The first-order valence-electron chi connectivity index (χ1n) is 8.53. The fraction of sp³-hybridized carbons (Fsp3) is 0.667. The predicted octanol–water partition coefficient (Wildman–Crippen LogP) is 2.17. The summed E-state index contributed by atoms with van der Waals surface area (Å²) in [4.78, 5) is 5.11. The van der Waals surface area contributed by atoms with Gasteiger partial charge in [-0.2, -0.15) is 0 Å². The minimum Gasteiger partial charge on any atom is -0.380 e. The van der Waals surface area contributed by atoms with Gasteiger partial charge in [-0.1, -0.05) is 30.3 Å². The molecule has 2 unspecified atom stereocenters. The van der Waals surface area contributed by atoms with Gasteiger partial charge in [0.15, 0.2) is 0 Å². The first-order chi connectivity index (χ1) is 10.8. The lowest BCUT2D eigenvalue weighted by atomic mass is 10.1. The smallest absolute Gasteiger partial charge is 0.0952 e. The number of nitrogens with zero attached hydrogens (tertiary/aromatic N) is 2. The maximum Gasteiger partial charge on any atom is 0.0952 e. The van der Waals surface area contributed by atoms with Crippen molar-refractivity contribution in [1.82, 2.24) is 9.80 Å². The molecule has 0 bridgehead atoms. The Balaban J connectivity index is 1.53. The van der Waals surface area contributed by atoms with Gasteiger partial charge in [-0.3, -0.25) is 9.80 Å². The standard InChI is InChI=1S/C18H28N2O2/c1-16-15-22-18(17-6-3-2-4-7-17)14-20(16)10-9-19-8-5-12-21-13-11-19/h2-4,6-7,16,18H,5,8-15H2,1H3. The van der Waals surface area contributed by atoms with Crippen LogP contribution in [0.3, 0.4) is 0 Å². The van der Waals surface area contributed by atoms with Crippen molar-refractivity contribution in [1.29, 1.82) is 0 Å². The van der Waals surface area contributed by atoms with Crippen LogP contribution in [0, 0.1) is 0 Å². The van der Waals surface area contributed by atoms with Crippen LogP contribution in [0.4, 0.5) is 0 Å². The monoisotopic (exact) mass is 304 g/mol. The molecule has 2 saturated heterocycles. The van der Waals surface area contributed by atoms with E-state index in [0.717, 1.165) is 52.4 Å². The molecule has 0 amide bonds. The van der Waals surface area contributed by atoms with E-state index >= 15 is 0 Å². The van der Waals surface area contributed by atoms with E-state index in [9.17, 15) is 0 Å². The molecule has 0 N–H and O–H groups in total. The van der Waals surface area contributed by atoms with Crippen LogP contribution >= 0.6 is 0 Å². The maximum absolute atomic E-state index is 6.04. The second kappa shape index (κ2) is 8.06. The molecule has 4 heteroatoms. The summed E-state index contributed by atoms with van der Waals surface area (Å²) in [5, 5.41) is 0. The van der Waals surface area contributed by atoms with E-state index in [1.807, 2.05) is 0 Å². The van der Waals surface area contributed by atoms with Gasteiger partial charge in [-0.05, 0) is 18.9 Å². The molecule has 22 heavy (non-hydrogen) atoms. The molecule has 2 aliphatic rings. The summed E-state index contributed by atoms with van der Waals surface area (Å²) in [5.41, 5.74) is 1.29. The Morgan fingerprint density at radius 1 is 1.09 bits per heavy atom. The molecule has 4 nitrogen and oxygen atoms in total. The topological polar surface area (TPSA) is 24.9 Å². The molecule has 2 heterocycles. The van der Waals surface area contributed by atoms with Crippen LogP contribution in [-0.2, 0) is 9.47 Å². The molecule has 122 valence electrons. The summed E-state index contributed by atoms with van der Waals surface area (Å²) < 4.78 is 11.6. The quantitative estimate of drug-likeness (QED) is 0.851. The zero-order chi connectivity index (χ0) is 15.2. The summed E-state index contributed by atoms with van der Waals surface area (Å²) in [6.45, 7) is 10.4. The average Bonchev–Trinajstić information content (AvgIpc) is 2.84. The summed E-state index contributed by atoms with van der Waals surface area (Å²) in [6, 6.07) is 11.1. The predicted molar refractivity (Wildman–Crippen MR) is 88.0 cm³/mol. The van der Waals surface area contributed by atoms with Gasteiger partial charge in [-0.25, -0.2) is 0 Å². The minimum atomic E-state index is 0.213. The largest absolute Gasteiger partial charge is 0.380 e. The van der Waals surface area contributed by atoms with Crippen molar-refractivity contribution in [2.24, 2.45) is 0 Å². The Morgan fingerprint density at radius 2 is 1.95 bits per heavy atom. The molecule has 2 aliphatic heterocycles. The molecule has 2 atom stereocenters. The van der Waals surface area contributed by atoms with Crippen LogP contribution in [0.25, 0.3) is 0 Å². The van der Waals surface area contributed by atoms with E-state index in [1.165, 1.54) is 12.1 Å². The number of ether oxygens (including phenoxy) is 2. The normalized spacial score (nSPS) is 28.4. The van der Waals surface area contributed by atoms with Gasteiger partial charge in [0, 0.05) is 45.4 Å². The Labute approximate surface area is 134 Å². The molecule has 0 aliphatic carbocycles. The van der Waals surface area contributed by atoms with Crippen LogP contribution in [0.5, 0.6) is 0 Å². The minimum absolute atomic E-state index is 0.213. The fourth-order valence-electron chi connectivity index (χ4n) is 3.28. The number of rotatable bonds is 4. The molecule has 1 aromatic rings. The highest BCUT2D eigenvalue weighted by Crippen LogP contribution is 2.24. The lowest BCUT2D eigenvalue weighted by Crippen LogP contribution is -2.48. The Morgan fingerprint density at radius 3 is 2.82 bits per heavy atom. The van der Waals surface area contributed by atoms with Crippen molar-refractivity contribution in [3.8, 4) is 0 Å². The lowest BCUT2D eigenvalue weighted by molar-refractivity contribution is -0.0619.